The molecule has 4 aliphatic rings. The number of ether oxygens (including phenoxy) is 3. The number of amides is 3. The molecule has 0 bridgehead atoms. The van der Waals surface area contributed by atoms with Crippen LogP contribution in [0.1, 0.15) is 90.2 Å². The third kappa shape index (κ3) is 9.12. The van der Waals surface area contributed by atoms with Crippen LogP contribution < -0.4 is 24.4 Å². The van der Waals surface area contributed by atoms with Crippen molar-refractivity contribution >= 4 is 45.1 Å². The van der Waals surface area contributed by atoms with Gasteiger partial charge in [-0.3, -0.25) is 33.5 Å². The Hall–Kier alpha value is -5.73. The molecule has 14 heteroatoms. The van der Waals surface area contributed by atoms with Crippen LogP contribution in [0.3, 0.4) is 0 Å². The lowest BCUT2D eigenvalue weighted by atomic mass is 9.78. The van der Waals surface area contributed by atoms with Gasteiger partial charge in [-0.1, -0.05) is 24.3 Å². The van der Waals surface area contributed by atoms with Crippen molar-refractivity contribution in [2.24, 2.45) is 18.9 Å². The number of methoxy groups -OCH3 is 1. The van der Waals surface area contributed by atoms with E-state index < -0.39 is 16.7 Å². The van der Waals surface area contributed by atoms with E-state index in [9.17, 15) is 18.6 Å². The largest absolute Gasteiger partial charge is 0.493 e. The van der Waals surface area contributed by atoms with Crippen molar-refractivity contribution in [3.63, 3.8) is 0 Å². The zero-order valence-electron chi connectivity index (χ0n) is 37.2. The summed E-state index contributed by atoms with van der Waals surface area (Å²) in [7, 11) is 2.35. The van der Waals surface area contributed by atoms with Gasteiger partial charge in [0.25, 0.3) is 5.91 Å². The maximum Gasteiger partial charge on any atom is 0.255 e. The molecule has 0 aliphatic carbocycles. The maximum absolute atomic E-state index is 14.1. The summed E-state index contributed by atoms with van der Waals surface area (Å²) in [4.78, 5) is 45.2. The van der Waals surface area contributed by atoms with Crippen LogP contribution in [-0.4, -0.2) is 93.4 Å². The van der Waals surface area contributed by atoms with Crippen LogP contribution in [0.5, 0.6) is 23.0 Å². The van der Waals surface area contributed by atoms with Gasteiger partial charge in [0.05, 0.1) is 36.9 Å². The number of carbonyl (C=O) groups excluding carboxylic acids is 3. The highest BCUT2D eigenvalue weighted by Gasteiger charge is 2.36. The third-order valence-corrected chi connectivity index (χ3v) is 14.5. The monoisotopic (exact) mass is 886 g/mol. The van der Waals surface area contributed by atoms with E-state index in [1.165, 1.54) is 18.4 Å². The van der Waals surface area contributed by atoms with Gasteiger partial charge < -0.3 is 24.0 Å². The molecule has 5 heterocycles. The Morgan fingerprint density at radius 3 is 2.28 bits per heavy atom. The summed E-state index contributed by atoms with van der Waals surface area (Å²) in [6, 6.07) is 25.9. The Bertz CT molecular complexity index is 2560. The van der Waals surface area contributed by atoms with Crippen molar-refractivity contribution in [2.75, 3.05) is 56.8 Å². The van der Waals surface area contributed by atoms with Crippen LogP contribution in [0.2, 0.25) is 0 Å². The van der Waals surface area contributed by atoms with Crippen LogP contribution in [-0.2, 0) is 40.5 Å². The molecule has 3 amide bonds. The molecule has 4 aliphatic heterocycles. The van der Waals surface area contributed by atoms with Crippen LogP contribution in [0.4, 0.5) is 5.69 Å². The van der Waals surface area contributed by atoms with E-state index in [-0.39, 0.29) is 23.8 Å². The highest BCUT2D eigenvalue weighted by atomic mass is 32.2. The molecule has 0 saturated carbocycles. The topological polar surface area (TPSA) is 136 Å². The van der Waals surface area contributed by atoms with Crippen molar-refractivity contribution in [1.29, 1.82) is 0 Å². The lowest BCUT2D eigenvalue weighted by Crippen LogP contribution is -2.40. The van der Waals surface area contributed by atoms with Gasteiger partial charge in [-0.25, -0.2) is 0 Å². The Balaban J connectivity index is 0.753. The number of anilines is 1. The molecule has 3 unspecified atom stereocenters. The Morgan fingerprint density at radius 2 is 1.58 bits per heavy atom. The van der Waals surface area contributed by atoms with Gasteiger partial charge >= 0.3 is 0 Å². The first-order valence-electron chi connectivity index (χ1n) is 22.6. The molecule has 3 atom stereocenters. The van der Waals surface area contributed by atoms with E-state index in [1.807, 2.05) is 67.4 Å². The number of nitrogens with one attached hydrogen (secondary N) is 1. The fourth-order valence-electron chi connectivity index (χ4n) is 10.3. The van der Waals surface area contributed by atoms with Crippen molar-refractivity contribution in [3.8, 4) is 23.0 Å². The number of hydrogen-bond donors (Lipinski definition) is 1. The number of rotatable bonds is 14. The number of piperidine rings is 3. The molecule has 336 valence electrons. The van der Waals surface area contributed by atoms with E-state index in [0.29, 0.717) is 60.6 Å². The summed E-state index contributed by atoms with van der Waals surface area (Å²) in [5, 5.41) is 7.98. The number of likely N-dealkylation sites (tertiary alicyclic amines) is 1. The van der Waals surface area contributed by atoms with Crippen molar-refractivity contribution < 1.29 is 32.8 Å². The minimum atomic E-state index is -1.12. The molecule has 13 nitrogen and oxygen atoms in total. The second kappa shape index (κ2) is 18.8. The lowest BCUT2D eigenvalue weighted by Gasteiger charge is -2.41. The first kappa shape index (κ1) is 43.5. The van der Waals surface area contributed by atoms with Crippen molar-refractivity contribution in [2.45, 2.75) is 70.5 Å². The lowest BCUT2D eigenvalue weighted by molar-refractivity contribution is -0.134. The quantitative estimate of drug-likeness (QED) is 0.112. The minimum Gasteiger partial charge on any atom is -0.493 e. The second-order valence-electron chi connectivity index (χ2n) is 17.7. The molecule has 1 N–H and O–H groups in total. The van der Waals surface area contributed by atoms with Crippen molar-refractivity contribution in [1.82, 2.24) is 24.9 Å². The van der Waals surface area contributed by atoms with Gasteiger partial charge in [0.1, 0.15) is 11.5 Å². The molecule has 9 rings (SSSR count). The number of fused-ring (bicyclic) bond motifs is 2. The second-order valence-corrected chi connectivity index (χ2v) is 19.2. The van der Waals surface area contributed by atoms with Crippen LogP contribution >= 0.6 is 0 Å². The molecule has 0 spiro atoms. The van der Waals surface area contributed by atoms with E-state index in [1.54, 1.807) is 18.0 Å². The first-order chi connectivity index (χ1) is 31.0. The predicted molar refractivity (Wildman–Crippen MR) is 247 cm³/mol. The number of benzene rings is 4. The zero-order chi connectivity index (χ0) is 44.5. The number of hydrogen-bond acceptors (Lipinski definition) is 10. The molecular formula is C50H58N6O7S. The molecule has 4 aromatic carbocycles. The Kier molecular flexibility index (Phi) is 12.8. The molecule has 3 fully saturated rings. The number of aromatic nitrogens is 2. The van der Waals surface area contributed by atoms with E-state index >= 15 is 0 Å². The van der Waals surface area contributed by atoms with Crippen LogP contribution in [0.15, 0.2) is 78.9 Å². The summed E-state index contributed by atoms with van der Waals surface area (Å²) in [6.07, 6.45) is 7.19. The molecule has 1 aromatic heterocycles. The summed E-state index contributed by atoms with van der Waals surface area (Å²) in [5.74, 6) is 3.49. The molecule has 3 saturated heterocycles. The van der Waals surface area contributed by atoms with Gasteiger partial charge in [0.2, 0.25) is 11.8 Å². The average molecular weight is 887 g/mol. The summed E-state index contributed by atoms with van der Waals surface area (Å²) >= 11 is 0. The third-order valence-electron chi connectivity index (χ3n) is 13.8. The highest BCUT2D eigenvalue weighted by Crippen LogP contribution is 2.40. The normalized spacial score (nSPS) is 19.8. The van der Waals surface area contributed by atoms with Gasteiger partial charge in [0, 0.05) is 85.2 Å². The Labute approximate surface area is 377 Å². The fraction of sp³-hybridized carbons (Fsp3) is 0.440. The van der Waals surface area contributed by atoms with E-state index in [2.05, 4.69) is 50.5 Å². The molecule has 64 heavy (non-hydrogen) atoms. The number of aryl methyl sites for hydroxylation is 1. The van der Waals surface area contributed by atoms with Crippen LogP contribution in [0, 0.1) is 11.8 Å². The minimum absolute atomic E-state index is 0.0180. The van der Waals surface area contributed by atoms with E-state index in [4.69, 9.17) is 14.2 Å². The summed E-state index contributed by atoms with van der Waals surface area (Å²) < 4.78 is 32.0. The number of nitrogens with zero attached hydrogens (tertiary/aromatic N) is 5. The van der Waals surface area contributed by atoms with Gasteiger partial charge in [-0.2, -0.15) is 5.10 Å². The smallest absolute Gasteiger partial charge is 0.255 e. The van der Waals surface area contributed by atoms with E-state index in [0.717, 1.165) is 90.5 Å². The standard InChI is InChI=1S/C50H58N6O7S/c1-5-62-46-26-35(9-16-45(46)61-3)44(31-64(4)60)56-30-36-8-10-37(27-42(36)50(56)59)55-24-20-34(21-25-55)33-18-22-54(23-19-33)29-32-6-11-38(12-7-32)63-39-13-14-40-43(28-39)53(2)52-48(40)41-15-17-47(57)51-49(41)58/h6-14,16,26-28,33-34,41,44H,5,15,17-25,29-31H2,1-4H3,(H,51,57,58). The predicted octanol–water partition coefficient (Wildman–Crippen LogP) is 7.50. The van der Waals surface area contributed by atoms with Gasteiger partial charge in [0.15, 0.2) is 11.5 Å². The Morgan fingerprint density at radius 1 is 0.844 bits per heavy atom. The zero-order valence-corrected chi connectivity index (χ0v) is 38.0. The summed E-state index contributed by atoms with van der Waals surface area (Å²) in [5.41, 5.74) is 6.56. The summed E-state index contributed by atoms with van der Waals surface area (Å²) in [6.45, 7) is 7.96. The molecule has 0 radical (unpaired) electrons. The maximum atomic E-state index is 14.1. The molecular weight excluding hydrogens is 829 g/mol. The first-order valence-corrected chi connectivity index (χ1v) is 24.4. The number of imide groups is 1. The molecule has 5 aromatic rings. The van der Waals surface area contributed by atoms with Crippen LogP contribution in [0.25, 0.3) is 10.9 Å². The number of carbonyl (C=O) groups is 3. The van der Waals surface area contributed by atoms with Gasteiger partial charge in [-0.15, -0.1) is 0 Å². The highest BCUT2D eigenvalue weighted by molar-refractivity contribution is 7.84. The SMILES string of the molecule is CCOc1cc(C(CS(C)=O)N2Cc3ccc(N4CCC(C5CCN(Cc6ccc(Oc7ccc8c(C9CCC(=O)NC9=O)nn(C)c8c7)cc6)CC5)CC4)cc3C2=O)ccc1OC. The fourth-order valence-corrected chi connectivity index (χ4v) is 11.1. The van der Waals surface area contributed by atoms with Gasteiger partial charge in [-0.05, 0) is 129 Å². The van der Waals surface area contributed by atoms with Crippen molar-refractivity contribution in [3.05, 3.63) is 107 Å². The average Bonchev–Trinajstić information content (AvgIpc) is 3.81.